The molecule has 0 bridgehead atoms. The first-order valence-electron chi connectivity index (χ1n) is 7.18. The van der Waals surface area contributed by atoms with E-state index in [1.165, 1.54) is 10.9 Å². The summed E-state index contributed by atoms with van der Waals surface area (Å²) in [6, 6.07) is 12.6. The summed E-state index contributed by atoms with van der Waals surface area (Å²) in [5, 5.41) is 1.21. The zero-order chi connectivity index (χ0) is 15.7. The van der Waals surface area contributed by atoms with Crippen LogP contribution in [0, 0.1) is 0 Å². The van der Waals surface area contributed by atoms with Crippen LogP contribution in [-0.4, -0.2) is 18.8 Å². The number of aromatic nitrogens is 1. The minimum absolute atomic E-state index is 0.404. The van der Waals surface area contributed by atoms with E-state index in [0.29, 0.717) is 18.0 Å². The fourth-order valence-corrected chi connectivity index (χ4v) is 2.82. The zero-order valence-electron chi connectivity index (χ0n) is 13.1. The average Bonchev–Trinajstić information content (AvgIpc) is 2.94. The molecule has 0 amide bonds. The number of hydrogen-bond acceptors (Lipinski definition) is 3. The third kappa shape index (κ3) is 2.31. The quantitative estimate of drug-likeness (QED) is 0.803. The van der Waals surface area contributed by atoms with Gasteiger partial charge in [-0.05, 0) is 41.5 Å². The Hall–Kier alpha value is -2.46. The molecule has 0 aliphatic heterocycles. The average molecular weight is 296 g/mol. The number of rotatable bonds is 4. The fourth-order valence-electron chi connectivity index (χ4n) is 2.82. The number of nitrogens with two attached hydrogens (primary N) is 1. The molecule has 2 aromatic carbocycles. The summed E-state index contributed by atoms with van der Waals surface area (Å²) in [5.74, 6) is 1.41. The Bertz CT molecular complexity index is 796. The second-order valence-electron chi connectivity index (χ2n) is 5.28. The monoisotopic (exact) mass is 296 g/mol. The summed E-state index contributed by atoms with van der Waals surface area (Å²) in [4.78, 5) is 0. The van der Waals surface area contributed by atoms with E-state index in [0.717, 1.165) is 16.7 Å². The van der Waals surface area contributed by atoms with Crippen molar-refractivity contribution in [3.05, 3.63) is 48.2 Å². The van der Waals surface area contributed by atoms with Crippen molar-refractivity contribution in [2.45, 2.75) is 6.54 Å². The third-order valence-electron chi connectivity index (χ3n) is 3.99. The van der Waals surface area contributed by atoms with Gasteiger partial charge in [-0.3, -0.25) is 0 Å². The summed E-state index contributed by atoms with van der Waals surface area (Å²) >= 11 is 0. The molecule has 4 heteroatoms. The summed E-state index contributed by atoms with van der Waals surface area (Å²) in [5.41, 5.74) is 10.2. The van der Waals surface area contributed by atoms with Crippen LogP contribution in [0.3, 0.4) is 0 Å². The number of nitrogens with zero attached hydrogens (tertiary/aromatic N) is 1. The van der Waals surface area contributed by atoms with Crippen molar-refractivity contribution in [2.75, 3.05) is 14.2 Å². The lowest BCUT2D eigenvalue weighted by Gasteiger charge is -2.14. The molecule has 0 aliphatic carbocycles. The summed E-state index contributed by atoms with van der Waals surface area (Å²) in [6.07, 6.45) is 2.06. The Morgan fingerprint density at radius 3 is 2.50 bits per heavy atom. The number of fused-ring (bicyclic) bond motifs is 1. The standard InChI is InChI=1S/C18H20N2O2/c1-20-7-6-13-8-12(4-5-16(13)20)14-9-15(11-19)18(22-3)17(10-14)21-2/h4-10H,11,19H2,1-3H3. The van der Waals surface area contributed by atoms with Crippen molar-refractivity contribution >= 4 is 10.9 Å². The van der Waals surface area contributed by atoms with Crippen molar-refractivity contribution < 1.29 is 9.47 Å². The maximum atomic E-state index is 5.85. The Morgan fingerprint density at radius 1 is 1.00 bits per heavy atom. The molecule has 0 unspecified atom stereocenters. The van der Waals surface area contributed by atoms with Crippen molar-refractivity contribution in [1.82, 2.24) is 4.57 Å². The predicted molar refractivity (Wildman–Crippen MR) is 89.4 cm³/mol. The van der Waals surface area contributed by atoms with Gasteiger partial charge in [0.05, 0.1) is 14.2 Å². The molecule has 0 saturated heterocycles. The molecule has 0 saturated carbocycles. The Kier molecular flexibility index (Phi) is 3.77. The molecule has 0 aliphatic rings. The molecule has 2 N–H and O–H groups in total. The van der Waals surface area contributed by atoms with E-state index >= 15 is 0 Å². The maximum Gasteiger partial charge on any atom is 0.165 e. The molecule has 0 fully saturated rings. The molecular formula is C18H20N2O2. The normalized spacial score (nSPS) is 10.9. The van der Waals surface area contributed by atoms with E-state index in [-0.39, 0.29) is 0 Å². The molecular weight excluding hydrogens is 276 g/mol. The molecule has 3 rings (SSSR count). The second-order valence-corrected chi connectivity index (χ2v) is 5.28. The van der Waals surface area contributed by atoms with Gasteiger partial charge in [-0.15, -0.1) is 0 Å². The zero-order valence-corrected chi connectivity index (χ0v) is 13.1. The number of ether oxygens (including phenoxy) is 2. The van der Waals surface area contributed by atoms with Crippen LogP contribution in [0.5, 0.6) is 11.5 Å². The van der Waals surface area contributed by atoms with Crippen molar-refractivity contribution in [1.29, 1.82) is 0 Å². The Morgan fingerprint density at radius 2 is 1.82 bits per heavy atom. The number of benzene rings is 2. The van der Waals surface area contributed by atoms with Crippen molar-refractivity contribution in [2.24, 2.45) is 12.8 Å². The number of methoxy groups -OCH3 is 2. The molecule has 4 nitrogen and oxygen atoms in total. The van der Waals surface area contributed by atoms with Gasteiger partial charge in [0.15, 0.2) is 11.5 Å². The van der Waals surface area contributed by atoms with Crippen LogP contribution < -0.4 is 15.2 Å². The van der Waals surface area contributed by atoms with Gasteiger partial charge < -0.3 is 19.8 Å². The SMILES string of the molecule is COc1cc(-c2ccc3c(ccn3C)c2)cc(CN)c1OC. The Labute approximate surface area is 130 Å². The summed E-state index contributed by atoms with van der Waals surface area (Å²) in [7, 11) is 5.32. The van der Waals surface area contributed by atoms with E-state index in [9.17, 15) is 0 Å². The van der Waals surface area contributed by atoms with E-state index in [1.54, 1.807) is 14.2 Å². The van der Waals surface area contributed by atoms with E-state index in [1.807, 2.05) is 13.1 Å². The van der Waals surface area contributed by atoms with Crippen molar-refractivity contribution in [3.63, 3.8) is 0 Å². The highest BCUT2D eigenvalue weighted by molar-refractivity contribution is 5.86. The van der Waals surface area contributed by atoms with Crippen LogP contribution >= 0.6 is 0 Å². The van der Waals surface area contributed by atoms with Gasteiger partial charge in [0.1, 0.15) is 0 Å². The van der Waals surface area contributed by atoms with Gasteiger partial charge in [-0.2, -0.15) is 0 Å². The van der Waals surface area contributed by atoms with Gasteiger partial charge in [-0.25, -0.2) is 0 Å². The molecule has 3 aromatic rings. The summed E-state index contributed by atoms with van der Waals surface area (Å²) < 4.78 is 13.0. The largest absolute Gasteiger partial charge is 0.493 e. The molecule has 0 atom stereocenters. The first-order chi connectivity index (χ1) is 10.7. The topological polar surface area (TPSA) is 49.4 Å². The van der Waals surface area contributed by atoms with Crippen LogP contribution in [0.25, 0.3) is 22.0 Å². The van der Waals surface area contributed by atoms with Gasteiger partial charge in [0.25, 0.3) is 0 Å². The van der Waals surface area contributed by atoms with Crippen molar-refractivity contribution in [3.8, 4) is 22.6 Å². The van der Waals surface area contributed by atoms with E-state index < -0.39 is 0 Å². The molecule has 0 spiro atoms. The molecule has 1 aromatic heterocycles. The van der Waals surface area contributed by atoms with Gasteiger partial charge >= 0.3 is 0 Å². The summed E-state index contributed by atoms with van der Waals surface area (Å²) in [6.45, 7) is 0.404. The second kappa shape index (κ2) is 5.73. The minimum Gasteiger partial charge on any atom is -0.493 e. The lowest BCUT2D eigenvalue weighted by atomic mass is 10.0. The molecule has 0 radical (unpaired) electrons. The lowest BCUT2D eigenvalue weighted by molar-refractivity contribution is 0.352. The van der Waals surface area contributed by atoms with Gasteiger partial charge in [0.2, 0.25) is 0 Å². The van der Waals surface area contributed by atoms with Crippen LogP contribution in [0.4, 0.5) is 0 Å². The van der Waals surface area contributed by atoms with E-state index in [2.05, 4.69) is 41.1 Å². The van der Waals surface area contributed by atoms with Gasteiger partial charge in [-0.1, -0.05) is 6.07 Å². The maximum absolute atomic E-state index is 5.85. The highest BCUT2D eigenvalue weighted by atomic mass is 16.5. The minimum atomic E-state index is 0.404. The third-order valence-corrected chi connectivity index (χ3v) is 3.99. The van der Waals surface area contributed by atoms with Crippen LogP contribution in [0.15, 0.2) is 42.6 Å². The smallest absolute Gasteiger partial charge is 0.165 e. The van der Waals surface area contributed by atoms with Crippen LogP contribution in [0.2, 0.25) is 0 Å². The number of aryl methyl sites for hydroxylation is 1. The lowest BCUT2D eigenvalue weighted by Crippen LogP contribution is -2.02. The first-order valence-corrected chi connectivity index (χ1v) is 7.18. The number of hydrogen-bond donors (Lipinski definition) is 1. The highest BCUT2D eigenvalue weighted by Crippen LogP contribution is 2.36. The van der Waals surface area contributed by atoms with Crippen LogP contribution in [0.1, 0.15) is 5.56 Å². The molecule has 22 heavy (non-hydrogen) atoms. The van der Waals surface area contributed by atoms with Crippen LogP contribution in [-0.2, 0) is 13.6 Å². The molecule has 1 heterocycles. The van der Waals surface area contributed by atoms with E-state index in [4.69, 9.17) is 15.2 Å². The van der Waals surface area contributed by atoms with Gasteiger partial charge in [0, 0.05) is 36.3 Å². The highest BCUT2D eigenvalue weighted by Gasteiger charge is 2.13. The predicted octanol–water partition coefficient (Wildman–Crippen LogP) is 3.32. The molecule has 114 valence electrons. The fraction of sp³-hybridized carbons (Fsp3) is 0.222. The first kappa shape index (κ1) is 14.5. The Balaban J connectivity index is 2.16.